The van der Waals surface area contributed by atoms with E-state index >= 15 is 0 Å². The second kappa shape index (κ2) is 6.76. The first kappa shape index (κ1) is 17.9. The van der Waals surface area contributed by atoms with Crippen LogP contribution in [0.5, 0.6) is 0 Å². The van der Waals surface area contributed by atoms with E-state index < -0.39 is 18.1 Å². The van der Waals surface area contributed by atoms with Gasteiger partial charge in [0.2, 0.25) is 0 Å². The molecule has 0 spiro atoms. The average Bonchev–Trinajstić information content (AvgIpc) is 2.85. The van der Waals surface area contributed by atoms with Crippen molar-refractivity contribution in [1.29, 1.82) is 0 Å². The summed E-state index contributed by atoms with van der Waals surface area (Å²) >= 11 is 2.35. The van der Waals surface area contributed by atoms with Crippen molar-refractivity contribution in [3.63, 3.8) is 0 Å². The normalized spacial score (nSPS) is 11.8. The maximum absolute atomic E-state index is 10.6. The van der Waals surface area contributed by atoms with Gasteiger partial charge in [-0.05, 0) is 38.1 Å². The molecule has 0 saturated carbocycles. The minimum absolute atomic E-state index is 0.215. The molecule has 0 aliphatic carbocycles. The van der Waals surface area contributed by atoms with Crippen LogP contribution in [0.2, 0.25) is 0 Å². The molecule has 0 bridgehead atoms. The van der Waals surface area contributed by atoms with E-state index in [1.54, 1.807) is 12.1 Å². The molecule has 2 rings (SSSR count). The van der Waals surface area contributed by atoms with Gasteiger partial charge in [-0.15, -0.1) is 22.7 Å². The molecule has 10 heteroatoms. The van der Waals surface area contributed by atoms with Crippen molar-refractivity contribution < 1.29 is 16.8 Å². The molecule has 20 heavy (non-hydrogen) atoms. The van der Waals surface area contributed by atoms with Crippen LogP contribution in [0.3, 0.4) is 0 Å². The lowest BCUT2D eigenvalue weighted by atomic mass is 10.5. The molecule has 2 heterocycles. The van der Waals surface area contributed by atoms with Crippen molar-refractivity contribution in [1.82, 2.24) is 0 Å². The Bertz CT molecular complexity index is 719. The van der Waals surface area contributed by atoms with Gasteiger partial charge in [-0.25, -0.2) is 16.8 Å². The number of aryl methyl sites for hydroxylation is 2. The monoisotopic (exact) mass is 392 g/mol. The van der Waals surface area contributed by atoms with Gasteiger partial charge in [0.15, 0.2) is 0 Å². The molecule has 4 nitrogen and oxygen atoms in total. The van der Waals surface area contributed by atoms with E-state index in [-0.39, 0.29) is 8.42 Å². The first-order valence-corrected chi connectivity index (χ1v) is 11.3. The summed E-state index contributed by atoms with van der Waals surface area (Å²) in [5.74, 6) is 0. The highest BCUT2D eigenvalue weighted by Crippen LogP contribution is 2.24. The van der Waals surface area contributed by atoms with Gasteiger partial charge >= 0.3 is 0 Å². The Labute approximate surface area is 134 Å². The van der Waals surface area contributed by atoms with Gasteiger partial charge in [-0.2, -0.15) is 0 Å². The summed E-state index contributed by atoms with van der Waals surface area (Å²) in [6.45, 7) is 3.66. The van der Waals surface area contributed by atoms with Gasteiger partial charge in [-0.3, -0.25) is 0 Å². The molecule has 2 aromatic rings. The lowest BCUT2D eigenvalue weighted by Crippen LogP contribution is -1.82. The molecular formula is C10H10Cl2O4S4. The van der Waals surface area contributed by atoms with Gasteiger partial charge < -0.3 is 0 Å². The third kappa shape index (κ3) is 5.71. The van der Waals surface area contributed by atoms with Gasteiger partial charge in [0, 0.05) is 31.1 Å². The molecule has 0 fully saturated rings. The Hall–Kier alpha value is -0.120. The van der Waals surface area contributed by atoms with Gasteiger partial charge in [0.1, 0.15) is 8.42 Å². The molecule has 112 valence electrons. The molecule has 0 unspecified atom stereocenters. The summed E-state index contributed by atoms with van der Waals surface area (Å²) in [6, 6.07) is 6.45. The van der Waals surface area contributed by atoms with Crippen LogP contribution in [0.4, 0.5) is 0 Å². The van der Waals surface area contributed by atoms with Crippen molar-refractivity contribution in [3.8, 4) is 0 Å². The lowest BCUT2D eigenvalue weighted by molar-refractivity contribution is 0.609. The molecule has 0 aromatic carbocycles. The van der Waals surface area contributed by atoms with Gasteiger partial charge in [-0.1, -0.05) is 0 Å². The highest BCUT2D eigenvalue weighted by molar-refractivity contribution is 8.15. The Morgan fingerprint density at radius 2 is 1.05 bits per heavy atom. The van der Waals surface area contributed by atoms with Crippen molar-refractivity contribution in [2.75, 3.05) is 0 Å². The summed E-state index contributed by atoms with van der Waals surface area (Å²) in [5, 5.41) is 0. The topological polar surface area (TPSA) is 68.3 Å². The fourth-order valence-electron chi connectivity index (χ4n) is 1.09. The Kier molecular flexibility index (Phi) is 6.06. The Morgan fingerprint density at radius 1 is 0.750 bits per heavy atom. The minimum atomic E-state index is -3.49. The number of hydrogen-bond acceptors (Lipinski definition) is 6. The van der Waals surface area contributed by atoms with E-state index in [4.69, 9.17) is 21.4 Å². The smallest absolute Gasteiger partial charge is 0.206 e. The molecule has 0 aliphatic rings. The molecule has 0 N–H and O–H groups in total. The van der Waals surface area contributed by atoms with Crippen LogP contribution in [0.15, 0.2) is 32.7 Å². The largest absolute Gasteiger partial charge is 0.270 e. The average molecular weight is 393 g/mol. The number of halogens is 2. The minimum Gasteiger partial charge on any atom is -0.206 e. The zero-order valence-corrected chi connectivity index (χ0v) is 15.1. The van der Waals surface area contributed by atoms with Crippen molar-refractivity contribution in [3.05, 3.63) is 34.0 Å². The second-order valence-electron chi connectivity index (χ2n) is 3.61. The van der Waals surface area contributed by atoms with Gasteiger partial charge in [0.25, 0.3) is 18.1 Å². The Balaban J connectivity index is 0.000000200. The van der Waals surface area contributed by atoms with E-state index in [1.165, 1.54) is 34.8 Å². The molecule has 0 atom stereocenters. The maximum atomic E-state index is 10.6. The molecule has 0 amide bonds. The maximum Gasteiger partial charge on any atom is 0.270 e. The van der Waals surface area contributed by atoms with E-state index in [9.17, 15) is 16.8 Å². The molecule has 2 aromatic heterocycles. The van der Waals surface area contributed by atoms with E-state index in [2.05, 4.69) is 0 Å². The SMILES string of the molecule is Cc1ccc(S(=O)(=O)Cl)s1.Cc1ccc(S(=O)(=O)Cl)s1. The number of hydrogen-bond donors (Lipinski definition) is 0. The highest BCUT2D eigenvalue weighted by Gasteiger charge is 2.11. The predicted octanol–water partition coefficient (Wildman–Crippen LogP) is 3.97. The summed E-state index contributed by atoms with van der Waals surface area (Å²) < 4.78 is 42.9. The zero-order valence-electron chi connectivity index (χ0n) is 10.3. The fraction of sp³-hybridized carbons (Fsp3) is 0.200. The summed E-state index contributed by atoms with van der Waals surface area (Å²) in [4.78, 5) is 1.89. The van der Waals surface area contributed by atoms with E-state index in [1.807, 2.05) is 13.8 Å². The summed E-state index contributed by atoms with van der Waals surface area (Å²) in [7, 11) is 3.13. The lowest BCUT2D eigenvalue weighted by Gasteiger charge is -1.84. The van der Waals surface area contributed by atoms with Crippen molar-refractivity contribution in [2.45, 2.75) is 22.3 Å². The first-order valence-electron chi connectivity index (χ1n) is 5.02. The Morgan fingerprint density at radius 3 is 1.15 bits per heavy atom. The quantitative estimate of drug-likeness (QED) is 0.724. The third-order valence-electron chi connectivity index (χ3n) is 1.91. The molecular weight excluding hydrogens is 383 g/mol. The van der Waals surface area contributed by atoms with Crippen molar-refractivity contribution in [2.24, 2.45) is 0 Å². The highest BCUT2D eigenvalue weighted by atomic mass is 35.7. The standard InChI is InChI=1S/2C5H5ClO2S2/c2*1-4-2-3-5(9-4)10(6,7)8/h2*2-3H,1H3. The third-order valence-corrected chi connectivity index (χ3v) is 8.10. The van der Waals surface area contributed by atoms with Gasteiger partial charge in [0.05, 0.1) is 0 Å². The van der Waals surface area contributed by atoms with E-state index in [0.29, 0.717) is 0 Å². The second-order valence-corrected chi connectivity index (χ2v) is 11.8. The molecule has 0 saturated heterocycles. The predicted molar refractivity (Wildman–Crippen MR) is 84.2 cm³/mol. The van der Waals surface area contributed by atoms with Crippen LogP contribution in [0.1, 0.15) is 9.75 Å². The van der Waals surface area contributed by atoms with Crippen LogP contribution >= 0.6 is 44.0 Å². The number of thiophene rings is 2. The van der Waals surface area contributed by atoms with E-state index in [0.717, 1.165) is 9.75 Å². The van der Waals surface area contributed by atoms with Crippen LogP contribution in [-0.2, 0) is 18.1 Å². The first-order chi connectivity index (χ1) is 9.00. The van der Waals surface area contributed by atoms with Crippen LogP contribution < -0.4 is 0 Å². The summed E-state index contributed by atoms with van der Waals surface area (Å²) in [5.41, 5.74) is 0. The van der Waals surface area contributed by atoms with Crippen LogP contribution in [-0.4, -0.2) is 16.8 Å². The van der Waals surface area contributed by atoms with Crippen molar-refractivity contribution >= 4 is 62.1 Å². The molecule has 0 aliphatic heterocycles. The van der Waals surface area contributed by atoms with Crippen LogP contribution in [0.25, 0.3) is 0 Å². The van der Waals surface area contributed by atoms with Crippen LogP contribution in [0, 0.1) is 13.8 Å². The zero-order chi connectivity index (χ0) is 15.6. The number of rotatable bonds is 2. The summed E-state index contributed by atoms with van der Waals surface area (Å²) in [6.07, 6.45) is 0. The molecule has 0 radical (unpaired) electrons. The fourth-order valence-corrected chi connectivity index (χ4v) is 5.19.